The van der Waals surface area contributed by atoms with Gasteiger partial charge in [0.15, 0.2) is 6.79 Å². The second-order valence-electron chi connectivity index (χ2n) is 2.44. The summed E-state index contributed by atoms with van der Waals surface area (Å²) in [7, 11) is 1.59. The van der Waals surface area contributed by atoms with E-state index in [4.69, 9.17) is 9.47 Å². The maximum atomic E-state index is 5.26. The highest BCUT2D eigenvalue weighted by molar-refractivity contribution is 9.10. The predicted molar refractivity (Wildman–Crippen MR) is 56.7 cm³/mol. The average molecular weight is 243 g/mol. The van der Waals surface area contributed by atoms with Gasteiger partial charge in [0.05, 0.1) is 0 Å². The third-order valence-electron chi connectivity index (χ3n) is 1.53. The third kappa shape index (κ3) is 2.86. The van der Waals surface area contributed by atoms with Crippen LogP contribution in [0, 0.1) is 0 Å². The molecule has 0 fully saturated rings. The molecule has 0 aliphatic rings. The minimum Gasteiger partial charge on any atom is -0.468 e. The molecule has 0 amide bonds. The van der Waals surface area contributed by atoms with Crippen LogP contribution in [-0.4, -0.2) is 13.9 Å². The second-order valence-corrected chi connectivity index (χ2v) is 3.29. The first-order chi connectivity index (χ1) is 6.27. The van der Waals surface area contributed by atoms with E-state index >= 15 is 0 Å². The molecule has 13 heavy (non-hydrogen) atoms. The first kappa shape index (κ1) is 10.3. The van der Waals surface area contributed by atoms with Crippen molar-refractivity contribution in [3.8, 4) is 5.75 Å². The van der Waals surface area contributed by atoms with Gasteiger partial charge in [-0.3, -0.25) is 0 Å². The Morgan fingerprint density at radius 1 is 1.54 bits per heavy atom. The van der Waals surface area contributed by atoms with Crippen LogP contribution in [0.25, 0.3) is 6.08 Å². The molecule has 0 heterocycles. The van der Waals surface area contributed by atoms with Crippen LogP contribution in [0.5, 0.6) is 5.75 Å². The van der Waals surface area contributed by atoms with Gasteiger partial charge in [0.2, 0.25) is 0 Å². The molecule has 0 radical (unpaired) electrons. The Labute approximate surface area is 86.3 Å². The first-order valence-corrected chi connectivity index (χ1v) is 4.61. The van der Waals surface area contributed by atoms with Gasteiger partial charge in [-0.25, -0.2) is 0 Å². The Hall–Kier alpha value is -0.800. The molecule has 0 aliphatic heterocycles. The topological polar surface area (TPSA) is 18.5 Å². The van der Waals surface area contributed by atoms with Crippen molar-refractivity contribution >= 4 is 22.0 Å². The Balaban J connectivity index is 2.80. The number of benzene rings is 1. The summed E-state index contributed by atoms with van der Waals surface area (Å²) in [5.74, 6) is 0.778. The number of methoxy groups -OCH3 is 1. The lowest BCUT2D eigenvalue weighted by Gasteiger charge is -2.06. The molecule has 0 saturated heterocycles. The maximum Gasteiger partial charge on any atom is 0.188 e. The summed E-state index contributed by atoms with van der Waals surface area (Å²) in [5, 5.41) is 0. The lowest BCUT2D eigenvalue weighted by molar-refractivity contribution is 0.0511. The summed E-state index contributed by atoms with van der Waals surface area (Å²) in [4.78, 5) is 0. The van der Waals surface area contributed by atoms with Crippen LogP contribution in [0.1, 0.15) is 5.56 Å². The molecular formula is C10H11BrO2. The number of ether oxygens (including phenoxy) is 2. The highest BCUT2D eigenvalue weighted by atomic mass is 79.9. The van der Waals surface area contributed by atoms with E-state index < -0.39 is 0 Å². The standard InChI is InChI=1S/C10H11BrO2/c1-3-8-6-9(13-7-12-2)4-5-10(8)11/h3-6H,1,7H2,2H3. The molecule has 0 unspecified atom stereocenters. The van der Waals surface area contributed by atoms with Crippen LogP contribution >= 0.6 is 15.9 Å². The second kappa shape index (κ2) is 5.04. The fourth-order valence-electron chi connectivity index (χ4n) is 0.895. The highest BCUT2D eigenvalue weighted by Gasteiger charge is 1.98. The Morgan fingerprint density at radius 3 is 2.92 bits per heavy atom. The molecule has 0 aliphatic carbocycles. The van der Waals surface area contributed by atoms with Crippen LogP contribution in [-0.2, 0) is 4.74 Å². The number of rotatable bonds is 4. The average Bonchev–Trinajstić information content (AvgIpc) is 2.16. The van der Waals surface area contributed by atoms with Crippen LogP contribution in [0.4, 0.5) is 0 Å². The van der Waals surface area contributed by atoms with E-state index in [0.717, 1.165) is 15.8 Å². The monoisotopic (exact) mass is 242 g/mol. The van der Waals surface area contributed by atoms with E-state index in [1.165, 1.54) is 0 Å². The zero-order valence-corrected chi connectivity index (χ0v) is 9.00. The van der Waals surface area contributed by atoms with E-state index in [-0.39, 0.29) is 6.79 Å². The Morgan fingerprint density at radius 2 is 2.31 bits per heavy atom. The molecular weight excluding hydrogens is 232 g/mol. The molecule has 0 saturated carbocycles. The van der Waals surface area contributed by atoms with E-state index in [1.54, 1.807) is 13.2 Å². The Kier molecular flexibility index (Phi) is 3.99. The quantitative estimate of drug-likeness (QED) is 0.756. The van der Waals surface area contributed by atoms with Gasteiger partial charge in [-0.05, 0) is 23.8 Å². The van der Waals surface area contributed by atoms with Crippen LogP contribution in [0.15, 0.2) is 29.3 Å². The molecule has 2 nitrogen and oxygen atoms in total. The van der Waals surface area contributed by atoms with Gasteiger partial charge in [0.25, 0.3) is 0 Å². The normalized spacial score (nSPS) is 9.69. The van der Waals surface area contributed by atoms with Crippen LogP contribution < -0.4 is 4.74 Å². The summed E-state index contributed by atoms with van der Waals surface area (Å²) >= 11 is 3.40. The van der Waals surface area contributed by atoms with Crippen molar-refractivity contribution in [2.24, 2.45) is 0 Å². The SMILES string of the molecule is C=Cc1cc(OCOC)ccc1Br. The molecule has 0 atom stereocenters. The van der Waals surface area contributed by atoms with Crippen molar-refractivity contribution in [1.82, 2.24) is 0 Å². The molecule has 0 aromatic heterocycles. The minimum atomic E-state index is 0.262. The van der Waals surface area contributed by atoms with Crippen molar-refractivity contribution in [3.05, 3.63) is 34.8 Å². The lowest BCUT2D eigenvalue weighted by Crippen LogP contribution is -1.98. The summed E-state index contributed by atoms with van der Waals surface area (Å²) < 4.78 is 11.1. The van der Waals surface area contributed by atoms with Gasteiger partial charge in [-0.2, -0.15) is 0 Å². The minimum absolute atomic E-state index is 0.262. The van der Waals surface area contributed by atoms with Crippen LogP contribution in [0.2, 0.25) is 0 Å². The third-order valence-corrected chi connectivity index (χ3v) is 2.25. The number of hydrogen-bond acceptors (Lipinski definition) is 2. The van der Waals surface area contributed by atoms with Crippen molar-refractivity contribution in [3.63, 3.8) is 0 Å². The molecule has 3 heteroatoms. The molecule has 0 bridgehead atoms. The van der Waals surface area contributed by atoms with Crippen LogP contribution in [0.3, 0.4) is 0 Å². The van der Waals surface area contributed by atoms with Gasteiger partial charge in [0.1, 0.15) is 5.75 Å². The number of halogens is 1. The summed E-state index contributed by atoms with van der Waals surface area (Å²) in [6.45, 7) is 3.96. The first-order valence-electron chi connectivity index (χ1n) is 3.81. The van der Waals surface area contributed by atoms with Crippen molar-refractivity contribution in [2.75, 3.05) is 13.9 Å². The summed E-state index contributed by atoms with van der Waals surface area (Å²) in [6.07, 6.45) is 1.77. The van der Waals surface area contributed by atoms with E-state index in [9.17, 15) is 0 Å². The van der Waals surface area contributed by atoms with Gasteiger partial charge in [-0.15, -0.1) is 0 Å². The highest BCUT2D eigenvalue weighted by Crippen LogP contribution is 2.23. The molecule has 0 spiro atoms. The molecule has 1 aromatic carbocycles. The zero-order valence-electron chi connectivity index (χ0n) is 7.42. The van der Waals surface area contributed by atoms with E-state index in [0.29, 0.717) is 0 Å². The number of hydrogen-bond donors (Lipinski definition) is 0. The summed E-state index contributed by atoms with van der Waals surface area (Å²) in [6, 6.07) is 5.69. The molecule has 1 rings (SSSR count). The lowest BCUT2D eigenvalue weighted by atomic mass is 10.2. The van der Waals surface area contributed by atoms with E-state index in [2.05, 4.69) is 22.5 Å². The fraction of sp³-hybridized carbons (Fsp3) is 0.200. The predicted octanol–water partition coefficient (Wildman–Crippen LogP) is 3.07. The van der Waals surface area contributed by atoms with Crippen molar-refractivity contribution in [2.45, 2.75) is 0 Å². The molecule has 70 valence electrons. The van der Waals surface area contributed by atoms with Gasteiger partial charge in [0, 0.05) is 11.6 Å². The van der Waals surface area contributed by atoms with Crippen molar-refractivity contribution in [1.29, 1.82) is 0 Å². The molecule has 0 N–H and O–H groups in total. The van der Waals surface area contributed by atoms with E-state index in [1.807, 2.05) is 18.2 Å². The van der Waals surface area contributed by atoms with Crippen molar-refractivity contribution < 1.29 is 9.47 Å². The smallest absolute Gasteiger partial charge is 0.188 e. The largest absolute Gasteiger partial charge is 0.468 e. The summed E-state index contributed by atoms with van der Waals surface area (Å²) in [5.41, 5.74) is 1.01. The maximum absolute atomic E-state index is 5.26. The van der Waals surface area contributed by atoms with Gasteiger partial charge in [-0.1, -0.05) is 28.6 Å². The fourth-order valence-corrected chi connectivity index (χ4v) is 1.30. The molecule has 1 aromatic rings. The zero-order chi connectivity index (χ0) is 9.68. The van der Waals surface area contributed by atoms with Gasteiger partial charge < -0.3 is 9.47 Å². The Bertz CT molecular complexity index is 297. The van der Waals surface area contributed by atoms with Gasteiger partial charge >= 0.3 is 0 Å².